The molecule has 4 aromatic rings. The molecule has 1 N–H and O–H groups in total. The van der Waals surface area contributed by atoms with Gasteiger partial charge >= 0.3 is 0 Å². The summed E-state index contributed by atoms with van der Waals surface area (Å²) in [4.78, 5) is 23.5. The van der Waals surface area contributed by atoms with E-state index in [0.29, 0.717) is 29.9 Å². The molecule has 1 amide bonds. The number of fused-ring (bicyclic) bond motifs is 1. The number of hydrogen-bond acceptors (Lipinski definition) is 5. The number of carbonyl (C=O) groups excluding carboxylic acids is 1. The van der Waals surface area contributed by atoms with Crippen LogP contribution in [-0.4, -0.2) is 44.6 Å². The first-order valence-corrected chi connectivity index (χ1v) is 10.2. The number of hydrogen-bond donors (Lipinski definition) is 1. The van der Waals surface area contributed by atoms with Gasteiger partial charge in [-0.3, -0.25) is 9.78 Å². The quantitative estimate of drug-likeness (QED) is 0.541. The summed E-state index contributed by atoms with van der Waals surface area (Å²) in [6.07, 6.45) is 4.33. The van der Waals surface area contributed by atoms with E-state index in [0.717, 1.165) is 23.6 Å². The maximum Gasteiger partial charge on any atom is 0.253 e. The van der Waals surface area contributed by atoms with Gasteiger partial charge in [0.25, 0.3) is 5.91 Å². The van der Waals surface area contributed by atoms with Crippen molar-refractivity contribution in [2.45, 2.75) is 19.4 Å². The van der Waals surface area contributed by atoms with E-state index in [4.69, 9.17) is 0 Å². The number of pyridine rings is 1. The maximum atomic E-state index is 13.4. The Balaban J connectivity index is 1.19. The molecule has 8 heteroatoms. The molecule has 1 aliphatic heterocycles. The lowest BCUT2D eigenvalue weighted by Gasteiger charge is -2.40. The second kappa shape index (κ2) is 7.79. The molecule has 1 saturated heterocycles. The Kier molecular flexibility index (Phi) is 4.82. The van der Waals surface area contributed by atoms with Crippen molar-refractivity contribution in [2.75, 3.05) is 18.0 Å². The van der Waals surface area contributed by atoms with Crippen molar-refractivity contribution in [3.05, 3.63) is 78.0 Å². The Morgan fingerprint density at radius 3 is 2.81 bits per heavy atom. The predicted octanol–water partition coefficient (Wildman–Crippen LogP) is 3.11. The zero-order chi connectivity index (χ0) is 21.4. The summed E-state index contributed by atoms with van der Waals surface area (Å²) in [7, 11) is 0. The Bertz CT molecular complexity index is 1250. The van der Waals surface area contributed by atoms with Gasteiger partial charge in [0.1, 0.15) is 11.6 Å². The lowest BCUT2D eigenvalue weighted by atomic mass is 10.1. The summed E-state index contributed by atoms with van der Waals surface area (Å²) >= 11 is 0. The van der Waals surface area contributed by atoms with Crippen LogP contribution < -0.4 is 10.2 Å². The number of aryl methyl sites for hydroxylation is 1. The van der Waals surface area contributed by atoms with Gasteiger partial charge in [-0.05, 0) is 42.8 Å². The molecule has 0 aliphatic carbocycles. The van der Waals surface area contributed by atoms with E-state index < -0.39 is 0 Å². The molecule has 1 aromatic carbocycles. The number of carbonyl (C=O) groups is 1. The lowest BCUT2D eigenvalue weighted by Crippen LogP contribution is -2.59. The zero-order valence-corrected chi connectivity index (χ0v) is 17.0. The average Bonchev–Trinajstić information content (AvgIpc) is 3.18. The molecule has 0 radical (unpaired) electrons. The topological polar surface area (TPSA) is 75.4 Å². The lowest BCUT2D eigenvalue weighted by molar-refractivity contribution is 0.0929. The van der Waals surface area contributed by atoms with Gasteiger partial charge in [-0.25, -0.2) is 13.9 Å². The van der Waals surface area contributed by atoms with Crippen LogP contribution in [0.5, 0.6) is 0 Å². The Morgan fingerprint density at radius 1 is 1.19 bits per heavy atom. The van der Waals surface area contributed by atoms with E-state index in [1.165, 1.54) is 18.3 Å². The first-order valence-electron chi connectivity index (χ1n) is 10.2. The van der Waals surface area contributed by atoms with Crippen LogP contribution in [0.3, 0.4) is 0 Å². The van der Waals surface area contributed by atoms with Crippen molar-refractivity contribution in [1.82, 2.24) is 24.9 Å². The number of nitrogens with one attached hydrogen (secondary N) is 1. The standard InChI is InChI=1S/C23H21FN6O/c1-2-18-14-30-21(26-18)8-9-22(28-30)29-12-19(13-29)27-23(31)16-6-7-20(25-11-16)15-4-3-5-17(24)10-15/h3-11,14,19H,2,12-13H2,1H3,(H,27,31). The van der Waals surface area contributed by atoms with E-state index in [2.05, 4.69) is 32.2 Å². The Labute approximate surface area is 178 Å². The average molecular weight is 416 g/mol. The predicted molar refractivity (Wildman–Crippen MR) is 115 cm³/mol. The van der Waals surface area contributed by atoms with Crippen LogP contribution in [0.2, 0.25) is 0 Å². The number of aromatic nitrogens is 4. The van der Waals surface area contributed by atoms with Crippen LogP contribution in [0, 0.1) is 5.82 Å². The molecule has 4 heterocycles. The Hall–Kier alpha value is -3.81. The molecule has 3 aromatic heterocycles. The molecular weight excluding hydrogens is 395 g/mol. The first kappa shape index (κ1) is 19.2. The van der Waals surface area contributed by atoms with E-state index in [1.807, 2.05) is 18.3 Å². The summed E-state index contributed by atoms with van der Waals surface area (Å²) in [5.41, 5.74) is 3.62. The van der Waals surface area contributed by atoms with Gasteiger partial charge in [-0.15, -0.1) is 5.10 Å². The van der Waals surface area contributed by atoms with Crippen molar-refractivity contribution in [3.63, 3.8) is 0 Å². The van der Waals surface area contributed by atoms with Crippen molar-refractivity contribution in [2.24, 2.45) is 0 Å². The van der Waals surface area contributed by atoms with Gasteiger partial charge in [-0.1, -0.05) is 19.1 Å². The molecule has 0 bridgehead atoms. The fourth-order valence-corrected chi connectivity index (χ4v) is 3.63. The second-order valence-electron chi connectivity index (χ2n) is 7.60. The summed E-state index contributed by atoms with van der Waals surface area (Å²) in [6.45, 7) is 3.44. The van der Waals surface area contributed by atoms with E-state index in [1.54, 1.807) is 28.8 Å². The highest BCUT2D eigenvalue weighted by Crippen LogP contribution is 2.20. The third-order valence-corrected chi connectivity index (χ3v) is 5.40. The van der Waals surface area contributed by atoms with Crippen LogP contribution >= 0.6 is 0 Å². The minimum atomic E-state index is -0.317. The van der Waals surface area contributed by atoms with Crippen molar-refractivity contribution >= 4 is 17.4 Å². The molecule has 1 aliphatic rings. The van der Waals surface area contributed by atoms with E-state index in [9.17, 15) is 9.18 Å². The van der Waals surface area contributed by atoms with Crippen molar-refractivity contribution in [3.8, 4) is 11.3 Å². The van der Waals surface area contributed by atoms with Gasteiger partial charge in [0.15, 0.2) is 5.65 Å². The minimum absolute atomic E-state index is 0.0434. The SMILES string of the molecule is CCc1cn2nc(N3CC(NC(=O)c4ccc(-c5cccc(F)c5)nc4)C3)ccc2n1. The van der Waals surface area contributed by atoms with Gasteiger partial charge in [0.05, 0.1) is 29.2 Å². The van der Waals surface area contributed by atoms with Crippen molar-refractivity contribution < 1.29 is 9.18 Å². The molecule has 31 heavy (non-hydrogen) atoms. The fraction of sp³-hybridized carbons (Fsp3) is 0.217. The van der Waals surface area contributed by atoms with Gasteiger partial charge in [-0.2, -0.15) is 0 Å². The molecular formula is C23H21FN6O. The molecule has 0 spiro atoms. The number of halogens is 1. The van der Waals surface area contributed by atoms with Crippen LogP contribution in [0.15, 0.2) is 60.9 Å². The number of nitrogens with zero attached hydrogens (tertiary/aromatic N) is 5. The number of amides is 1. The molecule has 5 rings (SSSR count). The zero-order valence-electron chi connectivity index (χ0n) is 17.0. The molecule has 7 nitrogen and oxygen atoms in total. The minimum Gasteiger partial charge on any atom is -0.351 e. The number of imidazole rings is 1. The first-order chi connectivity index (χ1) is 15.1. The second-order valence-corrected chi connectivity index (χ2v) is 7.60. The molecule has 0 saturated carbocycles. The number of rotatable bonds is 5. The van der Waals surface area contributed by atoms with Crippen LogP contribution in [0.4, 0.5) is 10.2 Å². The van der Waals surface area contributed by atoms with E-state index in [-0.39, 0.29) is 17.8 Å². The monoisotopic (exact) mass is 416 g/mol. The van der Waals surface area contributed by atoms with Crippen LogP contribution in [-0.2, 0) is 6.42 Å². The van der Waals surface area contributed by atoms with E-state index >= 15 is 0 Å². The van der Waals surface area contributed by atoms with Crippen LogP contribution in [0.25, 0.3) is 16.9 Å². The maximum absolute atomic E-state index is 13.4. The molecule has 0 unspecified atom stereocenters. The highest BCUT2D eigenvalue weighted by Gasteiger charge is 2.29. The van der Waals surface area contributed by atoms with Crippen molar-refractivity contribution in [1.29, 1.82) is 0 Å². The fourth-order valence-electron chi connectivity index (χ4n) is 3.63. The summed E-state index contributed by atoms with van der Waals surface area (Å²) < 4.78 is 15.2. The van der Waals surface area contributed by atoms with Gasteiger partial charge in [0.2, 0.25) is 0 Å². The third kappa shape index (κ3) is 3.84. The highest BCUT2D eigenvalue weighted by atomic mass is 19.1. The normalized spacial score (nSPS) is 13.9. The summed E-state index contributed by atoms with van der Waals surface area (Å²) in [5.74, 6) is 0.371. The number of benzene rings is 1. The summed E-state index contributed by atoms with van der Waals surface area (Å²) in [6, 6.07) is 13.6. The molecule has 1 fully saturated rings. The highest BCUT2D eigenvalue weighted by molar-refractivity contribution is 5.94. The Morgan fingerprint density at radius 2 is 2.06 bits per heavy atom. The van der Waals surface area contributed by atoms with Gasteiger partial charge in [0, 0.05) is 24.8 Å². The number of anilines is 1. The molecule has 0 atom stereocenters. The summed E-state index contributed by atoms with van der Waals surface area (Å²) in [5, 5.41) is 7.64. The van der Waals surface area contributed by atoms with Gasteiger partial charge < -0.3 is 10.2 Å². The largest absolute Gasteiger partial charge is 0.351 e. The third-order valence-electron chi connectivity index (χ3n) is 5.40. The smallest absolute Gasteiger partial charge is 0.253 e. The van der Waals surface area contributed by atoms with Crippen LogP contribution in [0.1, 0.15) is 23.0 Å². The molecule has 156 valence electrons.